The summed E-state index contributed by atoms with van der Waals surface area (Å²) in [6, 6.07) is -1.17. The molecule has 0 fully saturated rings. The molecule has 0 saturated heterocycles. The minimum Gasteiger partial charge on any atom is -0.455 e. The highest BCUT2D eigenvalue weighted by Gasteiger charge is 2.20. The number of hydrogen-bond acceptors (Lipinski definition) is 2. The largest absolute Gasteiger partial charge is 0.455 e. The maximum Gasteiger partial charge on any atom is 0.143 e. The summed E-state index contributed by atoms with van der Waals surface area (Å²) in [6.45, 7) is 0. The van der Waals surface area contributed by atoms with E-state index < -0.39 is 217 Å². The summed E-state index contributed by atoms with van der Waals surface area (Å²) in [5.41, 5.74) is -4.22. The molecule has 0 aliphatic carbocycles. The minimum absolute atomic E-state index is 0.195. The molecule has 0 aliphatic rings. The van der Waals surface area contributed by atoms with Gasteiger partial charge in [-0.2, -0.15) is 0 Å². The Hall–Kier alpha value is -7.42. The summed E-state index contributed by atoms with van der Waals surface area (Å²) in [6.07, 6.45) is 0. The predicted molar refractivity (Wildman–Crippen MR) is 237 cm³/mol. The topological polar surface area (TPSA) is 16.4 Å². The van der Waals surface area contributed by atoms with E-state index in [2.05, 4.69) is 0 Å². The van der Waals surface area contributed by atoms with Gasteiger partial charge in [0.2, 0.25) is 0 Å². The Morgan fingerprint density at radius 1 is 0.393 bits per heavy atom. The quantitative estimate of drug-likeness (QED) is 0.169. The third-order valence-electron chi connectivity index (χ3n) is 9.36. The second kappa shape index (κ2) is 13.2. The van der Waals surface area contributed by atoms with Gasteiger partial charge >= 0.3 is 0 Å². The molecule has 262 valence electrons. The second-order valence-corrected chi connectivity index (χ2v) is 12.7. The van der Waals surface area contributed by atoms with Crippen LogP contribution >= 0.6 is 0 Å². The van der Waals surface area contributed by atoms with Crippen molar-refractivity contribution in [1.29, 1.82) is 0 Å². The molecule has 0 bridgehead atoms. The molecule has 56 heavy (non-hydrogen) atoms. The molecule has 1 heterocycles. The van der Waals surface area contributed by atoms with Crippen LogP contribution < -0.4 is 4.90 Å². The zero-order chi connectivity index (χ0) is 57.9. The van der Waals surface area contributed by atoms with Crippen LogP contribution in [0.2, 0.25) is 0 Å². The van der Waals surface area contributed by atoms with Crippen molar-refractivity contribution in [3.05, 3.63) is 212 Å². The van der Waals surface area contributed by atoms with E-state index in [0.29, 0.717) is 10.5 Å². The molecule has 10 aromatic carbocycles. The van der Waals surface area contributed by atoms with Gasteiger partial charge in [0, 0.05) is 22.1 Å². The van der Waals surface area contributed by atoms with Gasteiger partial charge in [-0.1, -0.05) is 151 Å². The first kappa shape index (κ1) is 16.1. The lowest BCUT2D eigenvalue weighted by Crippen LogP contribution is -2.10. The van der Waals surface area contributed by atoms with Gasteiger partial charge in [-0.05, 0) is 121 Å². The van der Waals surface area contributed by atoms with Crippen LogP contribution in [0.15, 0.2) is 216 Å². The Labute approximate surface area is 358 Å². The molecule has 2 nitrogen and oxygen atoms in total. The van der Waals surface area contributed by atoms with Gasteiger partial charge < -0.3 is 9.32 Å². The van der Waals surface area contributed by atoms with Gasteiger partial charge in [0.05, 0.1) is 44.0 Å². The van der Waals surface area contributed by atoms with Crippen LogP contribution in [0.4, 0.5) is 17.1 Å². The zero-order valence-corrected chi connectivity index (χ0v) is 28.7. The summed E-state index contributed by atoms with van der Waals surface area (Å²) in [4.78, 5) is 0.598. The van der Waals surface area contributed by atoms with Crippen molar-refractivity contribution >= 4 is 71.3 Å². The third kappa shape index (κ3) is 5.51. The molecule has 1 aromatic heterocycles. The molecule has 0 saturated carbocycles. The van der Waals surface area contributed by atoms with E-state index in [9.17, 15) is 15.1 Å². The molecule has 0 unspecified atom stereocenters. The number of anilines is 3. The third-order valence-corrected chi connectivity index (χ3v) is 9.36. The van der Waals surface area contributed by atoms with Crippen LogP contribution in [0, 0.1) is 0 Å². The van der Waals surface area contributed by atoms with Crippen molar-refractivity contribution < 1.29 is 37.3 Å². The minimum atomic E-state index is -1.14. The molecule has 0 atom stereocenters. The summed E-state index contributed by atoms with van der Waals surface area (Å²) in [7, 11) is 0. The molecular formula is C54H35NO. The predicted octanol–water partition coefficient (Wildman–Crippen LogP) is 15.5. The van der Waals surface area contributed by atoms with Crippen molar-refractivity contribution in [2.75, 3.05) is 4.90 Å². The van der Waals surface area contributed by atoms with E-state index in [0.717, 1.165) is 16.3 Å². The molecule has 0 N–H and O–H groups in total. The number of furan rings is 1. The highest BCUT2D eigenvalue weighted by molar-refractivity contribution is 6.19. The first-order chi connectivity index (χ1) is 37.8. The maximum absolute atomic E-state index is 9.79. The lowest BCUT2D eigenvalue weighted by molar-refractivity contribution is 0.672. The van der Waals surface area contributed by atoms with Crippen molar-refractivity contribution in [3.63, 3.8) is 0 Å². The van der Waals surface area contributed by atoms with E-state index in [1.807, 2.05) is 42.5 Å². The maximum atomic E-state index is 9.79. The van der Waals surface area contributed by atoms with Gasteiger partial charge in [0.1, 0.15) is 11.2 Å². The molecule has 2 heteroatoms. The van der Waals surface area contributed by atoms with Crippen molar-refractivity contribution in [1.82, 2.24) is 0 Å². The van der Waals surface area contributed by atoms with Gasteiger partial charge in [0.15, 0.2) is 0 Å². The first-order valence-corrected chi connectivity index (χ1v) is 17.2. The van der Waals surface area contributed by atoms with E-state index in [1.54, 1.807) is 24.3 Å². The summed E-state index contributed by atoms with van der Waals surface area (Å²) in [5.74, 6) is 0. The lowest BCUT2D eigenvalue weighted by atomic mass is 9.97. The van der Waals surface area contributed by atoms with Crippen molar-refractivity contribution in [3.8, 4) is 33.4 Å². The fraction of sp³-hybridized carbons (Fsp3) is 0. The van der Waals surface area contributed by atoms with E-state index in [4.69, 9.17) is 22.2 Å². The molecular weight excluding hydrogens is 679 g/mol. The monoisotopic (exact) mass is 737 g/mol. The Bertz CT molecular complexity index is 4610. The van der Waals surface area contributed by atoms with Gasteiger partial charge in [0.25, 0.3) is 0 Å². The Kier molecular flexibility index (Phi) is 3.79. The fourth-order valence-electron chi connectivity index (χ4n) is 6.69. The Morgan fingerprint density at radius 3 is 1.84 bits per heavy atom. The lowest BCUT2D eigenvalue weighted by Gasteiger charge is -2.26. The average Bonchev–Trinajstić information content (AvgIpc) is 3.65. The smallest absolute Gasteiger partial charge is 0.143 e. The standard InChI is InChI=1S/C54H35NO/c1-3-12-41-34-45(21-19-36(41)9-1)39-25-30-48(31-26-39)55(51-17-8-18-52-53(51)50-32-27-40-11-5-6-16-49(40)54(50)56-52)47-28-23-38(24-29-47)43-14-7-15-44(33-43)46-22-20-37-10-2-4-13-42(37)35-46/h1-35H/i1D,3D,5D,6D,8D,9D,11D,12D,16D,17D,18D,19D,21D,23D,24D,25D,26D,27D,28D,29D,30D,31D,32D,34D. The average molecular weight is 738 g/mol. The van der Waals surface area contributed by atoms with Crippen LogP contribution in [-0.4, -0.2) is 0 Å². The summed E-state index contributed by atoms with van der Waals surface area (Å²) >= 11 is 0. The van der Waals surface area contributed by atoms with Gasteiger partial charge in [-0.3, -0.25) is 0 Å². The van der Waals surface area contributed by atoms with E-state index in [1.165, 1.54) is 0 Å². The highest BCUT2D eigenvalue weighted by Crippen LogP contribution is 2.45. The van der Waals surface area contributed by atoms with Crippen LogP contribution in [0.25, 0.3) is 87.6 Å². The molecule has 0 radical (unpaired) electrons. The Balaban J connectivity index is 1.28. The molecule has 0 aliphatic heterocycles. The number of fused-ring (bicyclic) bond motifs is 7. The summed E-state index contributed by atoms with van der Waals surface area (Å²) in [5, 5.41) is -1.29. The first-order valence-electron chi connectivity index (χ1n) is 29.2. The molecule has 11 aromatic rings. The number of nitrogens with zero attached hydrogens (tertiary/aromatic N) is 1. The second-order valence-electron chi connectivity index (χ2n) is 12.7. The Morgan fingerprint density at radius 2 is 1.04 bits per heavy atom. The van der Waals surface area contributed by atoms with E-state index in [-0.39, 0.29) is 11.1 Å². The fourth-order valence-corrected chi connectivity index (χ4v) is 6.69. The number of rotatable bonds is 6. The molecule has 11 rings (SSSR count). The SMILES string of the molecule is [2H]c1c([2H])c(N(c2c([2H])c([2H])c(-c3c([2H])c([2H])c4c([2H])c([2H])c([2H])c([2H])c4c3[2H])c([2H])c2[2H])c2c([2H])c([2H])c([2H])c3oc4c5c([2H])c([2H])c([2H])c([2H])c5c([2H])c([2H])c4c23)c([2H])c([2H])c1-c1cccc(-c2ccc3ccccc3c2)c1. The molecule has 0 spiro atoms. The van der Waals surface area contributed by atoms with Gasteiger partial charge in [-0.25, -0.2) is 0 Å². The zero-order valence-electron chi connectivity index (χ0n) is 52.7. The van der Waals surface area contributed by atoms with Crippen molar-refractivity contribution in [2.24, 2.45) is 0 Å². The normalized spacial score (nSPS) is 17.6. The van der Waals surface area contributed by atoms with Crippen molar-refractivity contribution in [2.45, 2.75) is 0 Å². The van der Waals surface area contributed by atoms with Crippen LogP contribution in [-0.2, 0) is 0 Å². The number of benzene rings is 10. The van der Waals surface area contributed by atoms with Gasteiger partial charge in [-0.15, -0.1) is 0 Å². The number of hydrogen-bond donors (Lipinski definition) is 0. The van der Waals surface area contributed by atoms with E-state index >= 15 is 0 Å². The molecule has 0 amide bonds. The van der Waals surface area contributed by atoms with Crippen LogP contribution in [0.5, 0.6) is 0 Å². The summed E-state index contributed by atoms with van der Waals surface area (Å²) < 4.78 is 225. The van der Waals surface area contributed by atoms with Crippen LogP contribution in [0.3, 0.4) is 0 Å². The van der Waals surface area contributed by atoms with Crippen LogP contribution in [0.1, 0.15) is 32.9 Å². The highest BCUT2D eigenvalue weighted by atomic mass is 16.3.